The normalized spacial score (nSPS) is 10.2. The Bertz CT molecular complexity index is 439. The first-order chi connectivity index (χ1) is 8.69. The minimum Gasteiger partial charge on any atom is -0.356 e. The summed E-state index contributed by atoms with van der Waals surface area (Å²) in [5.41, 5.74) is 2.67. The highest BCUT2D eigenvalue weighted by molar-refractivity contribution is 7.98. The van der Waals surface area contributed by atoms with E-state index < -0.39 is 0 Å². The second kappa shape index (κ2) is 7.22. The van der Waals surface area contributed by atoms with Gasteiger partial charge in [0.25, 0.3) is 0 Å². The van der Waals surface area contributed by atoms with Gasteiger partial charge in [0.05, 0.1) is 5.69 Å². The molecule has 0 saturated carbocycles. The van der Waals surface area contributed by atoms with Crippen molar-refractivity contribution in [2.75, 3.05) is 30.5 Å². The summed E-state index contributed by atoms with van der Waals surface area (Å²) in [7, 11) is 1.96. The molecule has 1 heterocycles. The van der Waals surface area contributed by atoms with Gasteiger partial charge in [-0.25, -0.2) is 0 Å². The average molecular weight is 264 g/mol. The molecule has 4 nitrogen and oxygen atoms in total. The van der Waals surface area contributed by atoms with Crippen LogP contribution in [-0.2, 0) is 12.8 Å². The van der Waals surface area contributed by atoms with Crippen molar-refractivity contribution in [3.63, 3.8) is 0 Å². The molecular formula is C13H20N4S. The largest absolute Gasteiger partial charge is 0.356 e. The van der Waals surface area contributed by atoms with E-state index in [1.54, 1.807) is 11.8 Å². The SMILES string of the molecule is CCc1nnc(N(C)CCSC)c(C#N)c1CC. The molecule has 0 bridgehead atoms. The number of hydrogen-bond acceptors (Lipinski definition) is 5. The predicted octanol–water partition coefficient (Wildman–Crippen LogP) is 2.27. The summed E-state index contributed by atoms with van der Waals surface area (Å²) in [6.07, 6.45) is 3.72. The second-order valence-corrected chi connectivity index (χ2v) is 5.04. The lowest BCUT2D eigenvalue weighted by Gasteiger charge is -2.20. The molecule has 0 spiro atoms. The van der Waals surface area contributed by atoms with E-state index in [1.165, 1.54) is 0 Å². The minimum atomic E-state index is 0.688. The summed E-state index contributed by atoms with van der Waals surface area (Å²) in [5, 5.41) is 17.9. The molecule has 1 aromatic heterocycles. The topological polar surface area (TPSA) is 52.8 Å². The van der Waals surface area contributed by atoms with Crippen LogP contribution in [0.4, 0.5) is 5.82 Å². The zero-order valence-electron chi connectivity index (χ0n) is 11.5. The van der Waals surface area contributed by atoms with Crippen LogP contribution in [0.15, 0.2) is 0 Å². The summed E-state index contributed by atoms with van der Waals surface area (Å²) >= 11 is 1.78. The number of hydrogen-bond donors (Lipinski definition) is 0. The first kappa shape index (κ1) is 14.8. The Morgan fingerprint density at radius 3 is 2.50 bits per heavy atom. The van der Waals surface area contributed by atoms with Gasteiger partial charge in [-0.1, -0.05) is 13.8 Å². The molecule has 0 unspecified atom stereocenters. The van der Waals surface area contributed by atoms with E-state index in [0.717, 1.165) is 36.4 Å². The quantitative estimate of drug-likeness (QED) is 0.789. The predicted molar refractivity (Wildman–Crippen MR) is 77.2 cm³/mol. The molecule has 0 fully saturated rings. The third-order valence-corrected chi connectivity index (χ3v) is 3.52. The van der Waals surface area contributed by atoms with Crippen LogP contribution < -0.4 is 4.90 Å². The lowest BCUT2D eigenvalue weighted by molar-refractivity contribution is 0.835. The molecule has 0 radical (unpaired) electrons. The molecule has 0 aliphatic carbocycles. The molecule has 0 saturated heterocycles. The van der Waals surface area contributed by atoms with Crippen molar-refractivity contribution >= 4 is 17.6 Å². The Morgan fingerprint density at radius 2 is 2.00 bits per heavy atom. The summed E-state index contributed by atoms with van der Waals surface area (Å²) in [4.78, 5) is 2.01. The summed E-state index contributed by atoms with van der Waals surface area (Å²) in [5.74, 6) is 1.72. The van der Waals surface area contributed by atoms with E-state index in [0.29, 0.717) is 11.4 Å². The highest BCUT2D eigenvalue weighted by Crippen LogP contribution is 2.22. The number of thioether (sulfide) groups is 1. The van der Waals surface area contributed by atoms with Gasteiger partial charge in [0.2, 0.25) is 0 Å². The van der Waals surface area contributed by atoms with Crippen LogP contribution in [-0.4, -0.2) is 35.8 Å². The van der Waals surface area contributed by atoms with Gasteiger partial charge in [-0.15, -0.1) is 5.10 Å². The maximum atomic E-state index is 9.37. The van der Waals surface area contributed by atoms with E-state index in [-0.39, 0.29) is 0 Å². The standard InChI is InChI=1S/C13H20N4S/c1-5-10-11(9-14)13(16-15-12(10)6-2)17(3)7-8-18-4/h5-8H2,1-4H3. The monoisotopic (exact) mass is 264 g/mol. The Labute approximate surface area is 113 Å². The molecule has 5 heteroatoms. The molecule has 1 aromatic rings. The van der Waals surface area contributed by atoms with Gasteiger partial charge in [-0.3, -0.25) is 0 Å². The van der Waals surface area contributed by atoms with E-state index in [2.05, 4.69) is 29.4 Å². The highest BCUT2D eigenvalue weighted by atomic mass is 32.2. The Kier molecular flexibility index (Phi) is 5.93. The number of nitrogens with zero attached hydrogens (tertiary/aromatic N) is 4. The van der Waals surface area contributed by atoms with Crippen LogP contribution in [0.5, 0.6) is 0 Å². The molecule has 0 aliphatic heterocycles. The number of aromatic nitrogens is 2. The second-order valence-electron chi connectivity index (χ2n) is 4.06. The van der Waals surface area contributed by atoms with Crippen molar-refractivity contribution in [3.8, 4) is 6.07 Å². The summed E-state index contributed by atoms with van der Waals surface area (Å²) in [6, 6.07) is 2.30. The van der Waals surface area contributed by atoms with Crippen molar-refractivity contribution in [1.82, 2.24) is 10.2 Å². The number of anilines is 1. The molecule has 0 N–H and O–H groups in total. The molecule has 0 aliphatic rings. The molecule has 0 atom stereocenters. The minimum absolute atomic E-state index is 0.688. The van der Waals surface area contributed by atoms with Gasteiger partial charge >= 0.3 is 0 Å². The fraction of sp³-hybridized carbons (Fsp3) is 0.615. The Morgan fingerprint density at radius 1 is 1.28 bits per heavy atom. The third kappa shape index (κ3) is 3.14. The molecule has 0 aromatic carbocycles. The maximum absolute atomic E-state index is 9.37. The Balaban J connectivity index is 3.17. The van der Waals surface area contributed by atoms with Gasteiger partial charge in [0, 0.05) is 19.3 Å². The van der Waals surface area contributed by atoms with Crippen LogP contribution in [0.25, 0.3) is 0 Å². The van der Waals surface area contributed by atoms with Crippen LogP contribution >= 0.6 is 11.8 Å². The highest BCUT2D eigenvalue weighted by Gasteiger charge is 2.16. The number of nitriles is 1. The van der Waals surface area contributed by atoms with Gasteiger partial charge < -0.3 is 4.90 Å². The lowest BCUT2D eigenvalue weighted by atomic mass is 10.0. The van der Waals surface area contributed by atoms with Crippen LogP contribution in [0.2, 0.25) is 0 Å². The van der Waals surface area contributed by atoms with Crippen molar-refractivity contribution in [1.29, 1.82) is 5.26 Å². The van der Waals surface area contributed by atoms with E-state index in [1.807, 2.05) is 18.9 Å². The molecular weight excluding hydrogens is 244 g/mol. The van der Waals surface area contributed by atoms with Gasteiger partial charge in [-0.05, 0) is 24.7 Å². The molecule has 98 valence electrons. The van der Waals surface area contributed by atoms with Gasteiger partial charge in [-0.2, -0.15) is 22.1 Å². The molecule has 1 rings (SSSR count). The first-order valence-electron chi connectivity index (χ1n) is 6.18. The smallest absolute Gasteiger partial charge is 0.169 e. The Hall–Kier alpha value is -1.28. The van der Waals surface area contributed by atoms with Gasteiger partial charge in [0.15, 0.2) is 5.82 Å². The van der Waals surface area contributed by atoms with Crippen molar-refractivity contribution in [2.45, 2.75) is 26.7 Å². The first-order valence-corrected chi connectivity index (χ1v) is 7.57. The zero-order chi connectivity index (χ0) is 13.5. The molecule has 0 amide bonds. The number of rotatable bonds is 6. The van der Waals surface area contributed by atoms with Crippen molar-refractivity contribution in [2.24, 2.45) is 0 Å². The summed E-state index contributed by atoms with van der Waals surface area (Å²) in [6.45, 7) is 4.98. The average Bonchev–Trinajstić information content (AvgIpc) is 2.42. The fourth-order valence-electron chi connectivity index (χ4n) is 1.88. The van der Waals surface area contributed by atoms with Crippen LogP contribution in [0.3, 0.4) is 0 Å². The van der Waals surface area contributed by atoms with Crippen molar-refractivity contribution in [3.05, 3.63) is 16.8 Å². The fourth-order valence-corrected chi connectivity index (χ4v) is 2.34. The zero-order valence-corrected chi connectivity index (χ0v) is 12.3. The van der Waals surface area contributed by atoms with Crippen molar-refractivity contribution < 1.29 is 0 Å². The number of aryl methyl sites for hydroxylation is 1. The maximum Gasteiger partial charge on any atom is 0.169 e. The van der Waals surface area contributed by atoms with Crippen LogP contribution in [0, 0.1) is 11.3 Å². The summed E-state index contributed by atoms with van der Waals surface area (Å²) < 4.78 is 0. The van der Waals surface area contributed by atoms with E-state index in [4.69, 9.17) is 0 Å². The van der Waals surface area contributed by atoms with E-state index in [9.17, 15) is 5.26 Å². The third-order valence-electron chi connectivity index (χ3n) is 2.93. The van der Waals surface area contributed by atoms with Gasteiger partial charge in [0.1, 0.15) is 11.6 Å². The van der Waals surface area contributed by atoms with E-state index >= 15 is 0 Å². The molecule has 18 heavy (non-hydrogen) atoms. The van der Waals surface area contributed by atoms with Crippen LogP contribution in [0.1, 0.15) is 30.7 Å². The lowest BCUT2D eigenvalue weighted by Crippen LogP contribution is -2.24.